The van der Waals surface area contributed by atoms with E-state index in [1.54, 1.807) is 13.1 Å². The summed E-state index contributed by atoms with van der Waals surface area (Å²) >= 11 is 0. The van der Waals surface area contributed by atoms with Crippen molar-refractivity contribution in [2.75, 3.05) is 26.0 Å². The molecule has 0 bridgehead atoms. The van der Waals surface area contributed by atoms with Crippen molar-refractivity contribution in [1.29, 1.82) is 0 Å². The van der Waals surface area contributed by atoms with Crippen molar-refractivity contribution in [3.63, 3.8) is 0 Å². The van der Waals surface area contributed by atoms with Crippen molar-refractivity contribution in [3.05, 3.63) is 47.8 Å². The zero-order valence-corrected chi connectivity index (χ0v) is 17.0. The number of aromatic nitrogens is 2. The molecule has 1 unspecified atom stereocenters. The predicted molar refractivity (Wildman–Crippen MR) is 105 cm³/mol. The minimum absolute atomic E-state index is 0.0639. The fraction of sp³-hybridized carbons (Fsp3) is 0.550. The molecule has 0 aliphatic carbocycles. The SMILES string of the molecule is CCS(=O)(=O)c1ncc(CN(C)C2CCOC2)n1CCCc1ccccc1. The number of benzene rings is 1. The number of hydrogen-bond donors (Lipinski definition) is 0. The van der Waals surface area contributed by atoms with Crippen LogP contribution in [-0.2, 0) is 34.1 Å². The molecule has 1 aliphatic heterocycles. The summed E-state index contributed by atoms with van der Waals surface area (Å²) in [7, 11) is -1.29. The highest BCUT2D eigenvalue weighted by Gasteiger charge is 2.25. The van der Waals surface area contributed by atoms with Crippen LogP contribution in [0, 0.1) is 0 Å². The standard InChI is InChI=1S/C20H29N3O3S/c1-3-27(24,25)20-21-14-19(15-22(2)18-11-13-26-16-18)23(20)12-7-10-17-8-5-4-6-9-17/h4-6,8-9,14,18H,3,7,10-13,15-16H2,1-2H3. The van der Waals surface area contributed by atoms with Crippen LogP contribution in [0.5, 0.6) is 0 Å². The Hall–Kier alpha value is -1.70. The van der Waals surface area contributed by atoms with E-state index in [1.807, 2.05) is 22.8 Å². The third-order valence-electron chi connectivity index (χ3n) is 5.19. The molecule has 1 fully saturated rings. The van der Waals surface area contributed by atoms with Gasteiger partial charge in [-0.1, -0.05) is 37.3 Å². The molecule has 148 valence electrons. The number of rotatable bonds is 9. The van der Waals surface area contributed by atoms with E-state index in [0.29, 0.717) is 19.1 Å². The Morgan fingerprint density at radius 3 is 2.74 bits per heavy atom. The van der Waals surface area contributed by atoms with Crippen LogP contribution in [0.4, 0.5) is 0 Å². The van der Waals surface area contributed by atoms with Gasteiger partial charge >= 0.3 is 0 Å². The number of sulfone groups is 1. The topological polar surface area (TPSA) is 64.4 Å². The summed E-state index contributed by atoms with van der Waals surface area (Å²) in [4.78, 5) is 6.52. The Labute approximate surface area is 162 Å². The monoisotopic (exact) mass is 391 g/mol. The first-order valence-electron chi connectivity index (χ1n) is 9.60. The van der Waals surface area contributed by atoms with E-state index in [4.69, 9.17) is 4.74 Å². The molecular weight excluding hydrogens is 362 g/mol. The van der Waals surface area contributed by atoms with Crippen molar-refractivity contribution < 1.29 is 13.2 Å². The van der Waals surface area contributed by atoms with E-state index in [2.05, 4.69) is 29.1 Å². The summed E-state index contributed by atoms with van der Waals surface area (Å²) < 4.78 is 32.4. The predicted octanol–water partition coefficient (Wildman–Crippen LogP) is 2.53. The summed E-state index contributed by atoms with van der Waals surface area (Å²) in [5.41, 5.74) is 2.21. The maximum atomic E-state index is 12.5. The lowest BCUT2D eigenvalue weighted by Crippen LogP contribution is -2.32. The molecule has 2 heterocycles. The average Bonchev–Trinajstić information content (AvgIpc) is 3.33. The quantitative estimate of drug-likeness (QED) is 0.657. The minimum Gasteiger partial charge on any atom is -0.380 e. The first-order chi connectivity index (χ1) is 13.0. The summed E-state index contributed by atoms with van der Waals surface area (Å²) in [6, 6.07) is 10.7. The van der Waals surface area contributed by atoms with Crippen LogP contribution >= 0.6 is 0 Å². The molecule has 3 rings (SSSR count). The molecule has 0 saturated carbocycles. The van der Waals surface area contributed by atoms with Gasteiger partial charge in [0.05, 0.1) is 24.3 Å². The van der Waals surface area contributed by atoms with Gasteiger partial charge in [-0.2, -0.15) is 0 Å². The Morgan fingerprint density at radius 2 is 2.07 bits per heavy atom. The average molecular weight is 392 g/mol. The number of aryl methyl sites for hydroxylation is 1. The fourth-order valence-electron chi connectivity index (χ4n) is 3.47. The highest BCUT2D eigenvalue weighted by atomic mass is 32.2. The molecule has 6 nitrogen and oxygen atoms in total. The van der Waals surface area contributed by atoms with Crippen LogP contribution in [0.1, 0.15) is 31.0 Å². The molecule has 1 aliphatic rings. The van der Waals surface area contributed by atoms with Gasteiger partial charge in [0.1, 0.15) is 0 Å². The Morgan fingerprint density at radius 1 is 1.30 bits per heavy atom. The van der Waals surface area contributed by atoms with Crippen molar-refractivity contribution in [3.8, 4) is 0 Å². The van der Waals surface area contributed by atoms with Gasteiger partial charge in [-0.25, -0.2) is 13.4 Å². The summed E-state index contributed by atoms with van der Waals surface area (Å²) in [5, 5.41) is 0.198. The Bertz CT molecular complexity index is 827. The molecule has 1 aromatic carbocycles. The lowest BCUT2D eigenvalue weighted by molar-refractivity contribution is 0.155. The van der Waals surface area contributed by atoms with E-state index < -0.39 is 9.84 Å². The highest BCUT2D eigenvalue weighted by molar-refractivity contribution is 7.91. The third kappa shape index (κ3) is 4.97. The number of imidazole rings is 1. The van der Waals surface area contributed by atoms with Crippen LogP contribution < -0.4 is 0 Å². The van der Waals surface area contributed by atoms with Gasteiger partial charge in [0.2, 0.25) is 15.0 Å². The third-order valence-corrected chi connectivity index (χ3v) is 6.83. The molecular formula is C20H29N3O3S. The second kappa shape index (κ2) is 8.99. The first kappa shape index (κ1) is 20.0. The van der Waals surface area contributed by atoms with Crippen molar-refractivity contribution in [2.45, 2.75) is 50.5 Å². The zero-order chi connectivity index (χ0) is 19.3. The first-order valence-corrected chi connectivity index (χ1v) is 11.3. The van der Waals surface area contributed by atoms with Gasteiger partial charge in [0.25, 0.3) is 0 Å². The Balaban J connectivity index is 1.76. The Kier molecular flexibility index (Phi) is 6.68. The molecule has 1 aromatic heterocycles. The van der Waals surface area contributed by atoms with Gasteiger partial charge in [-0.15, -0.1) is 0 Å². The van der Waals surface area contributed by atoms with Crippen molar-refractivity contribution >= 4 is 9.84 Å². The van der Waals surface area contributed by atoms with Crippen LogP contribution in [-0.4, -0.2) is 54.9 Å². The molecule has 0 radical (unpaired) electrons. The maximum absolute atomic E-state index is 12.5. The van der Waals surface area contributed by atoms with Gasteiger partial charge < -0.3 is 9.30 Å². The molecule has 1 atom stereocenters. The van der Waals surface area contributed by atoms with E-state index in [0.717, 1.165) is 38.2 Å². The van der Waals surface area contributed by atoms with Gasteiger partial charge in [-0.05, 0) is 31.9 Å². The maximum Gasteiger partial charge on any atom is 0.227 e. The van der Waals surface area contributed by atoms with Gasteiger partial charge in [-0.3, -0.25) is 4.90 Å². The summed E-state index contributed by atoms with van der Waals surface area (Å²) in [5.74, 6) is 0.0639. The normalized spacial score (nSPS) is 17.7. The molecule has 0 spiro atoms. The molecule has 0 N–H and O–H groups in total. The summed E-state index contributed by atoms with van der Waals surface area (Å²) in [6.45, 7) is 4.51. The number of likely N-dealkylation sites (N-methyl/N-ethyl adjacent to an activating group) is 1. The molecule has 0 amide bonds. The van der Waals surface area contributed by atoms with E-state index in [1.165, 1.54) is 5.56 Å². The number of hydrogen-bond acceptors (Lipinski definition) is 5. The smallest absolute Gasteiger partial charge is 0.227 e. The van der Waals surface area contributed by atoms with Crippen LogP contribution in [0.2, 0.25) is 0 Å². The van der Waals surface area contributed by atoms with Crippen molar-refractivity contribution in [1.82, 2.24) is 14.5 Å². The number of ether oxygens (including phenoxy) is 1. The summed E-state index contributed by atoms with van der Waals surface area (Å²) in [6.07, 6.45) is 4.52. The molecule has 27 heavy (non-hydrogen) atoms. The van der Waals surface area contributed by atoms with Crippen LogP contribution in [0.25, 0.3) is 0 Å². The van der Waals surface area contributed by atoms with E-state index in [-0.39, 0.29) is 10.9 Å². The fourth-order valence-corrected chi connectivity index (χ4v) is 4.49. The second-order valence-corrected chi connectivity index (χ2v) is 9.28. The number of nitrogens with zero attached hydrogens (tertiary/aromatic N) is 3. The second-order valence-electron chi connectivity index (χ2n) is 7.11. The van der Waals surface area contributed by atoms with Gasteiger partial charge in [0, 0.05) is 25.7 Å². The highest BCUT2D eigenvalue weighted by Crippen LogP contribution is 2.19. The largest absolute Gasteiger partial charge is 0.380 e. The molecule has 7 heteroatoms. The lowest BCUT2D eigenvalue weighted by Gasteiger charge is -2.23. The minimum atomic E-state index is -3.35. The lowest BCUT2D eigenvalue weighted by atomic mass is 10.1. The zero-order valence-electron chi connectivity index (χ0n) is 16.2. The molecule has 2 aromatic rings. The van der Waals surface area contributed by atoms with Crippen LogP contribution in [0.15, 0.2) is 41.7 Å². The van der Waals surface area contributed by atoms with E-state index in [9.17, 15) is 8.42 Å². The van der Waals surface area contributed by atoms with Gasteiger partial charge in [0.15, 0.2) is 0 Å². The van der Waals surface area contributed by atoms with Crippen LogP contribution in [0.3, 0.4) is 0 Å². The van der Waals surface area contributed by atoms with E-state index >= 15 is 0 Å². The van der Waals surface area contributed by atoms with Crippen molar-refractivity contribution in [2.24, 2.45) is 0 Å². The molecule has 1 saturated heterocycles.